The Hall–Kier alpha value is -1.12. The number of rotatable bonds is 1. The summed E-state index contributed by atoms with van der Waals surface area (Å²) >= 11 is 3.88. The van der Waals surface area contributed by atoms with E-state index in [0.717, 1.165) is 0 Å². The molecule has 4 rings (SSSR count). The van der Waals surface area contributed by atoms with Crippen LogP contribution < -0.4 is 0 Å². The van der Waals surface area contributed by atoms with Crippen LogP contribution in [0.5, 0.6) is 0 Å². The van der Waals surface area contributed by atoms with Crippen molar-refractivity contribution < 1.29 is 0 Å². The Bertz CT molecular complexity index is 707. The van der Waals surface area contributed by atoms with Crippen LogP contribution in [0.2, 0.25) is 0 Å². The quantitative estimate of drug-likeness (QED) is 0.616. The summed E-state index contributed by atoms with van der Waals surface area (Å²) < 4.78 is 0. The summed E-state index contributed by atoms with van der Waals surface area (Å²) in [7, 11) is 0. The number of fused-ring (bicyclic) bond motifs is 3. The van der Waals surface area contributed by atoms with Crippen LogP contribution in [0, 0.1) is 0 Å². The highest BCUT2D eigenvalue weighted by Gasteiger charge is 2.38. The third-order valence-electron chi connectivity index (χ3n) is 4.28. The van der Waals surface area contributed by atoms with E-state index in [1.807, 2.05) is 22.7 Å². The molecule has 2 heterocycles. The lowest BCUT2D eigenvalue weighted by Gasteiger charge is -2.19. The van der Waals surface area contributed by atoms with Crippen molar-refractivity contribution in [1.29, 1.82) is 0 Å². The van der Waals surface area contributed by atoms with Crippen LogP contribution in [0.3, 0.4) is 0 Å². The van der Waals surface area contributed by atoms with Crippen molar-refractivity contribution in [3.63, 3.8) is 0 Å². The van der Waals surface area contributed by atoms with Crippen LogP contribution >= 0.6 is 22.7 Å². The standard InChI is InChI=1S/C17H16S2/c1-17(2)12-8-9-18-15(12)16-13(17)10-14(19-16)11-6-4-3-5-7-11/h3-4,6,8-10H,5,7H2,1-2H3. The smallest absolute Gasteiger partial charge is 0.0493 e. The highest BCUT2D eigenvalue weighted by atomic mass is 32.1. The first-order valence-corrected chi connectivity index (χ1v) is 8.46. The Balaban J connectivity index is 1.89. The van der Waals surface area contributed by atoms with Crippen molar-refractivity contribution in [3.8, 4) is 9.75 Å². The summed E-state index contributed by atoms with van der Waals surface area (Å²) in [4.78, 5) is 4.49. The zero-order valence-electron chi connectivity index (χ0n) is 11.2. The Morgan fingerprint density at radius 3 is 2.84 bits per heavy atom. The molecular weight excluding hydrogens is 268 g/mol. The van der Waals surface area contributed by atoms with Crippen LogP contribution in [0.15, 0.2) is 35.7 Å². The van der Waals surface area contributed by atoms with Gasteiger partial charge in [-0.15, -0.1) is 22.7 Å². The van der Waals surface area contributed by atoms with E-state index in [1.165, 1.54) is 44.2 Å². The van der Waals surface area contributed by atoms with Crippen LogP contribution in [-0.2, 0) is 5.41 Å². The van der Waals surface area contributed by atoms with Crippen molar-refractivity contribution in [1.82, 2.24) is 0 Å². The van der Waals surface area contributed by atoms with Gasteiger partial charge in [0.15, 0.2) is 0 Å². The lowest BCUT2D eigenvalue weighted by atomic mass is 9.84. The van der Waals surface area contributed by atoms with Gasteiger partial charge in [-0.3, -0.25) is 0 Å². The molecule has 0 nitrogen and oxygen atoms in total. The van der Waals surface area contributed by atoms with E-state index in [1.54, 1.807) is 0 Å². The van der Waals surface area contributed by atoms with E-state index in [0.29, 0.717) is 0 Å². The maximum Gasteiger partial charge on any atom is 0.0493 e. The topological polar surface area (TPSA) is 0 Å². The van der Waals surface area contributed by atoms with Gasteiger partial charge in [0.05, 0.1) is 0 Å². The molecule has 0 spiro atoms. The summed E-state index contributed by atoms with van der Waals surface area (Å²) in [5.74, 6) is 0. The predicted octanol–water partition coefficient (Wildman–Crippen LogP) is 5.85. The zero-order chi connectivity index (χ0) is 13.0. The van der Waals surface area contributed by atoms with Crippen LogP contribution in [0.1, 0.15) is 42.7 Å². The van der Waals surface area contributed by atoms with E-state index in [-0.39, 0.29) is 5.41 Å². The number of hydrogen-bond acceptors (Lipinski definition) is 2. The molecule has 0 saturated heterocycles. The second-order valence-corrected chi connectivity index (χ2v) is 7.77. The van der Waals surface area contributed by atoms with Crippen molar-refractivity contribution in [3.05, 3.63) is 51.7 Å². The first kappa shape index (κ1) is 11.7. The molecule has 0 bridgehead atoms. The predicted molar refractivity (Wildman–Crippen MR) is 86.1 cm³/mol. The van der Waals surface area contributed by atoms with E-state index in [4.69, 9.17) is 0 Å². The van der Waals surface area contributed by atoms with Gasteiger partial charge in [0.25, 0.3) is 0 Å². The van der Waals surface area contributed by atoms with Gasteiger partial charge in [-0.05, 0) is 47.1 Å². The zero-order valence-corrected chi connectivity index (χ0v) is 12.8. The van der Waals surface area contributed by atoms with Gasteiger partial charge in [0, 0.05) is 20.0 Å². The average molecular weight is 284 g/mol. The highest BCUT2D eigenvalue weighted by Crippen LogP contribution is 2.55. The molecule has 0 atom stereocenters. The van der Waals surface area contributed by atoms with Gasteiger partial charge >= 0.3 is 0 Å². The molecule has 0 unspecified atom stereocenters. The minimum absolute atomic E-state index is 0.185. The second kappa shape index (κ2) is 3.94. The van der Waals surface area contributed by atoms with Gasteiger partial charge in [-0.25, -0.2) is 0 Å². The van der Waals surface area contributed by atoms with Crippen molar-refractivity contribution >= 4 is 28.2 Å². The fraction of sp³-hybridized carbons (Fsp3) is 0.294. The van der Waals surface area contributed by atoms with Crippen LogP contribution in [0.25, 0.3) is 15.3 Å². The third-order valence-corrected chi connectivity index (χ3v) is 6.57. The molecule has 0 aromatic carbocycles. The maximum absolute atomic E-state index is 2.44. The molecule has 2 aliphatic carbocycles. The molecule has 0 radical (unpaired) electrons. The van der Waals surface area contributed by atoms with Gasteiger partial charge < -0.3 is 0 Å². The van der Waals surface area contributed by atoms with Gasteiger partial charge in [0.1, 0.15) is 0 Å². The summed E-state index contributed by atoms with van der Waals surface area (Å²) in [5.41, 5.74) is 4.74. The Morgan fingerprint density at radius 1 is 1.16 bits per heavy atom. The monoisotopic (exact) mass is 284 g/mol. The van der Waals surface area contributed by atoms with E-state index < -0.39 is 0 Å². The van der Waals surface area contributed by atoms with Crippen LogP contribution in [-0.4, -0.2) is 0 Å². The fourth-order valence-corrected chi connectivity index (χ4v) is 5.71. The summed E-state index contributed by atoms with van der Waals surface area (Å²) in [5, 5.41) is 2.23. The molecule has 0 amide bonds. The molecule has 2 heteroatoms. The molecule has 96 valence electrons. The van der Waals surface area contributed by atoms with E-state index in [2.05, 4.69) is 49.6 Å². The lowest BCUT2D eigenvalue weighted by Crippen LogP contribution is -2.13. The Morgan fingerprint density at radius 2 is 2.05 bits per heavy atom. The van der Waals surface area contributed by atoms with Crippen LogP contribution in [0.4, 0.5) is 0 Å². The fourth-order valence-electron chi connectivity index (χ4n) is 3.11. The molecular formula is C17H16S2. The minimum Gasteiger partial charge on any atom is -0.143 e. The van der Waals surface area contributed by atoms with Gasteiger partial charge in [-0.1, -0.05) is 32.1 Å². The third kappa shape index (κ3) is 1.56. The van der Waals surface area contributed by atoms with Crippen molar-refractivity contribution in [2.45, 2.75) is 32.1 Å². The summed E-state index contributed by atoms with van der Waals surface area (Å²) in [6, 6.07) is 4.74. The first-order chi connectivity index (χ1) is 9.18. The number of hydrogen-bond donors (Lipinski definition) is 0. The lowest BCUT2D eigenvalue weighted by molar-refractivity contribution is 0.663. The summed E-state index contributed by atoms with van der Waals surface area (Å²) in [6.07, 6.45) is 9.11. The Kier molecular flexibility index (Phi) is 2.42. The molecule has 0 fully saturated rings. The Labute approximate surface area is 122 Å². The summed E-state index contributed by atoms with van der Waals surface area (Å²) in [6.45, 7) is 4.71. The van der Waals surface area contributed by atoms with Gasteiger partial charge in [-0.2, -0.15) is 0 Å². The van der Waals surface area contributed by atoms with Gasteiger partial charge in [0.2, 0.25) is 0 Å². The molecule has 0 N–H and O–H groups in total. The molecule has 2 aliphatic rings. The van der Waals surface area contributed by atoms with E-state index >= 15 is 0 Å². The average Bonchev–Trinajstić information content (AvgIpc) is 3.09. The number of thiophene rings is 2. The molecule has 2 aromatic heterocycles. The SMILES string of the molecule is CC1(C)c2ccsc2-c2sc(C3=CC=CCC3)cc21. The minimum atomic E-state index is 0.185. The van der Waals surface area contributed by atoms with Crippen molar-refractivity contribution in [2.24, 2.45) is 0 Å². The second-order valence-electron chi connectivity index (χ2n) is 5.80. The first-order valence-electron chi connectivity index (χ1n) is 6.76. The number of allylic oxidation sites excluding steroid dienone is 4. The highest BCUT2D eigenvalue weighted by molar-refractivity contribution is 7.22. The maximum atomic E-state index is 2.44. The molecule has 0 aliphatic heterocycles. The molecule has 0 saturated carbocycles. The van der Waals surface area contributed by atoms with E-state index in [9.17, 15) is 0 Å². The molecule has 2 aromatic rings. The normalized spacial score (nSPS) is 19.2. The largest absolute Gasteiger partial charge is 0.143 e. The van der Waals surface area contributed by atoms with Crippen molar-refractivity contribution in [2.75, 3.05) is 0 Å². The molecule has 19 heavy (non-hydrogen) atoms.